The molecule has 3 nitrogen and oxygen atoms in total. The number of nitrogens with two attached hydrogens (primary N) is 1. The van der Waals surface area contributed by atoms with E-state index in [2.05, 4.69) is 34.5 Å². The van der Waals surface area contributed by atoms with Crippen molar-refractivity contribution in [3.05, 3.63) is 57.1 Å². The Morgan fingerprint density at radius 1 is 1.32 bits per heavy atom. The summed E-state index contributed by atoms with van der Waals surface area (Å²) in [6.45, 7) is 3.84. The van der Waals surface area contributed by atoms with E-state index < -0.39 is 11.6 Å². The van der Waals surface area contributed by atoms with Gasteiger partial charge in [0.15, 0.2) is 17.4 Å². The maximum atomic E-state index is 13.9. The normalized spacial score (nSPS) is 10.4. The fraction of sp³-hybridized carbons (Fsp3) is 0.0667. The first kappa shape index (κ1) is 16.8. The monoisotopic (exact) mass is 436 g/mol. The molecule has 0 bridgehead atoms. The Kier molecular flexibility index (Phi) is 5.47. The summed E-state index contributed by atoms with van der Waals surface area (Å²) in [6, 6.07) is 5.61. The van der Waals surface area contributed by atoms with Crippen LogP contribution in [0.4, 0.5) is 25.8 Å². The van der Waals surface area contributed by atoms with Crippen LogP contribution in [0.3, 0.4) is 0 Å². The number of anilines is 3. The van der Waals surface area contributed by atoms with Gasteiger partial charge in [-0.1, -0.05) is 24.3 Å². The molecule has 0 fully saturated rings. The van der Waals surface area contributed by atoms with Crippen molar-refractivity contribution >= 4 is 51.3 Å². The van der Waals surface area contributed by atoms with Gasteiger partial charge >= 0.3 is 0 Å². The van der Waals surface area contributed by atoms with Gasteiger partial charge in [0.05, 0.1) is 14.9 Å². The molecular formula is C15H12ClF2IN2O. The first-order chi connectivity index (χ1) is 10.5. The lowest BCUT2D eigenvalue weighted by Crippen LogP contribution is -2.03. The van der Waals surface area contributed by atoms with Crippen LogP contribution in [0.2, 0.25) is 5.02 Å². The molecule has 0 aliphatic carbocycles. The highest BCUT2D eigenvalue weighted by atomic mass is 127. The number of benzene rings is 2. The average molecular weight is 437 g/mol. The van der Waals surface area contributed by atoms with Crippen LogP contribution >= 0.6 is 34.2 Å². The molecule has 2 aromatic rings. The largest absolute Gasteiger partial charge is 0.487 e. The fourth-order valence-electron chi connectivity index (χ4n) is 1.73. The van der Waals surface area contributed by atoms with Crippen molar-refractivity contribution in [3.8, 4) is 5.75 Å². The zero-order valence-electron chi connectivity index (χ0n) is 11.3. The van der Waals surface area contributed by atoms with Crippen molar-refractivity contribution in [3.63, 3.8) is 0 Å². The number of hydrogen-bond acceptors (Lipinski definition) is 3. The van der Waals surface area contributed by atoms with Crippen molar-refractivity contribution < 1.29 is 13.5 Å². The average Bonchev–Trinajstić information content (AvgIpc) is 2.49. The standard InChI is InChI=1S/C15H12ClF2IN2O/c1-2-7-22-15-9(19)4-6-11(12(15)16)21-14-10(20)5-3-8(17)13(14)18/h2-6,21H,1,7,20H2. The van der Waals surface area contributed by atoms with Crippen LogP contribution in [0.25, 0.3) is 0 Å². The first-order valence-electron chi connectivity index (χ1n) is 6.18. The van der Waals surface area contributed by atoms with E-state index in [0.717, 1.165) is 9.64 Å². The van der Waals surface area contributed by atoms with Crippen LogP contribution in [-0.4, -0.2) is 6.61 Å². The Morgan fingerprint density at radius 3 is 2.73 bits per heavy atom. The van der Waals surface area contributed by atoms with Crippen molar-refractivity contribution in [2.24, 2.45) is 0 Å². The summed E-state index contributed by atoms with van der Waals surface area (Å²) in [7, 11) is 0. The van der Waals surface area contributed by atoms with E-state index in [9.17, 15) is 8.78 Å². The SMILES string of the molecule is C=CCOc1c(I)ccc(Nc2c(N)ccc(F)c2F)c1Cl. The second-order valence-electron chi connectivity index (χ2n) is 4.29. The smallest absolute Gasteiger partial charge is 0.184 e. The number of nitrogen functional groups attached to an aromatic ring is 1. The van der Waals surface area contributed by atoms with Gasteiger partial charge in [-0.25, -0.2) is 8.78 Å². The van der Waals surface area contributed by atoms with Gasteiger partial charge < -0.3 is 15.8 Å². The molecule has 0 saturated heterocycles. The summed E-state index contributed by atoms with van der Waals surface area (Å²) >= 11 is 8.32. The van der Waals surface area contributed by atoms with Crippen molar-refractivity contribution in [1.29, 1.82) is 0 Å². The molecule has 116 valence electrons. The van der Waals surface area contributed by atoms with Crippen LogP contribution in [0.5, 0.6) is 5.75 Å². The molecule has 7 heteroatoms. The summed E-state index contributed by atoms with van der Waals surface area (Å²) < 4.78 is 33.5. The molecule has 0 aliphatic rings. The third-order valence-corrected chi connectivity index (χ3v) is 4.01. The van der Waals surface area contributed by atoms with E-state index >= 15 is 0 Å². The number of nitrogens with one attached hydrogen (secondary N) is 1. The Morgan fingerprint density at radius 2 is 2.05 bits per heavy atom. The molecule has 0 aromatic heterocycles. The van der Waals surface area contributed by atoms with Crippen molar-refractivity contribution in [2.45, 2.75) is 0 Å². The van der Waals surface area contributed by atoms with Crippen LogP contribution < -0.4 is 15.8 Å². The lowest BCUT2D eigenvalue weighted by molar-refractivity contribution is 0.361. The number of rotatable bonds is 5. The summed E-state index contributed by atoms with van der Waals surface area (Å²) in [5.41, 5.74) is 5.94. The molecule has 0 aliphatic heterocycles. The van der Waals surface area contributed by atoms with Gasteiger partial charge in [-0.2, -0.15) is 0 Å². The van der Waals surface area contributed by atoms with E-state index in [1.54, 1.807) is 18.2 Å². The molecule has 2 aromatic carbocycles. The topological polar surface area (TPSA) is 47.3 Å². The minimum absolute atomic E-state index is 0.0714. The molecule has 2 rings (SSSR count). The van der Waals surface area contributed by atoms with Crippen LogP contribution in [0.1, 0.15) is 0 Å². The van der Waals surface area contributed by atoms with E-state index in [-0.39, 0.29) is 23.0 Å². The Labute approximate surface area is 145 Å². The quantitative estimate of drug-likeness (QED) is 0.389. The summed E-state index contributed by atoms with van der Waals surface area (Å²) in [6.07, 6.45) is 1.58. The van der Waals surface area contributed by atoms with E-state index in [4.69, 9.17) is 22.1 Å². The molecule has 0 atom stereocenters. The number of ether oxygens (including phenoxy) is 1. The molecule has 0 amide bonds. The maximum absolute atomic E-state index is 13.9. The number of hydrogen-bond donors (Lipinski definition) is 2. The highest BCUT2D eigenvalue weighted by Gasteiger charge is 2.16. The Balaban J connectivity index is 2.43. The fourth-order valence-corrected chi connectivity index (χ4v) is 2.76. The van der Waals surface area contributed by atoms with Gasteiger partial charge in [0, 0.05) is 0 Å². The molecule has 0 radical (unpaired) electrons. The van der Waals surface area contributed by atoms with Crippen molar-refractivity contribution in [2.75, 3.05) is 17.7 Å². The van der Waals surface area contributed by atoms with E-state index in [1.807, 2.05) is 0 Å². The van der Waals surface area contributed by atoms with Gasteiger partial charge in [-0.3, -0.25) is 0 Å². The predicted octanol–water partition coefficient (Wildman–Crippen LogP) is 5.11. The lowest BCUT2D eigenvalue weighted by atomic mass is 10.2. The highest BCUT2D eigenvalue weighted by molar-refractivity contribution is 14.1. The molecule has 0 saturated carbocycles. The van der Waals surface area contributed by atoms with Crippen LogP contribution in [0, 0.1) is 15.2 Å². The molecule has 0 unspecified atom stereocenters. The van der Waals surface area contributed by atoms with Crippen LogP contribution in [0.15, 0.2) is 36.9 Å². The zero-order chi connectivity index (χ0) is 16.3. The first-order valence-corrected chi connectivity index (χ1v) is 7.63. The second-order valence-corrected chi connectivity index (χ2v) is 5.83. The molecule has 0 heterocycles. The maximum Gasteiger partial charge on any atom is 0.184 e. The molecular weight excluding hydrogens is 425 g/mol. The lowest BCUT2D eigenvalue weighted by Gasteiger charge is -2.15. The van der Waals surface area contributed by atoms with Crippen LogP contribution in [-0.2, 0) is 0 Å². The minimum atomic E-state index is -1.07. The zero-order valence-corrected chi connectivity index (χ0v) is 14.2. The molecule has 3 N–H and O–H groups in total. The van der Waals surface area contributed by atoms with E-state index in [0.29, 0.717) is 11.4 Å². The van der Waals surface area contributed by atoms with Gasteiger partial charge in [0.2, 0.25) is 0 Å². The summed E-state index contributed by atoms with van der Waals surface area (Å²) in [4.78, 5) is 0. The van der Waals surface area contributed by atoms with Gasteiger partial charge in [0.25, 0.3) is 0 Å². The number of halogens is 4. The molecule has 0 spiro atoms. The predicted molar refractivity (Wildman–Crippen MR) is 93.9 cm³/mol. The van der Waals surface area contributed by atoms with E-state index in [1.165, 1.54) is 6.07 Å². The summed E-state index contributed by atoms with van der Waals surface area (Å²) in [5, 5.41) is 2.96. The third kappa shape index (κ3) is 3.44. The van der Waals surface area contributed by atoms with Gasteiger partial charge in [-0.15, -0.1) is 0 Å². The highest BCUT2D eigenvalue weighted by Crippen LogP contribution is 2.39. The Bertz CT molecular complexity index is 725. The molecule has 22 heavy (non-hydrogen) atoms. The second kappa shape index (κ2) is 7.15. The minimum Gasteiger partial charge on any atom is -0.487 e. The summed E-state index contributed by atoms with van der Waals surface area (Å²) in [5.74, 6) is -1.63. The third-order valence-electron chi connectivity index (χ3n) is 2.78. The van der Waals surface area contributed by atoms with Gasteiger partial charge in [0.1, 0.15) is 17.3 Å². The Hall–Kier alpha value is -1.54. The van der Waals surface area contributed by atoms with Crippen molar-refractivity contribution in [1.82, 2.24) is 0 Å². The van der Waals surface area contributed by atoms with Gasteiger partial charge in [-0.05, 0) is 46.9 Å².